The fourth-order valence-electron chi connectivity index (χ4n) is 17.4. The molecule has 5 saturated carbocycles. The molecule has 0 radical (unpaired) electrons. The van der Waals surface area contributed by atoms with Crippen LogP contribution in [0.1, 0.15) is 106 Å². The summed E-state index contributed by atoms with van der Waals surface area (Å²) in [4.78, 5) is 12.6. The normalized spacial score (nSPS) is 58.1. The Morgan fingerprint density at radius 1 is 0.554 bits per heavy atom. The zero-order valence-corrected chi connectivity index (χ0v) is 43.4. The van der Waals surface area contributed by atoms with E-state index in [0.29, 0.717) is 25.9 Å². The molecular formula is C52H84O22. The summed E-state index contributed by atoms with van der Waals surface area (Å²) in [5, 5.41) is 130. The molecule has 1 spiro atoms. The summed E-state index contributed by atoms with van der Waals surface area (Å²) in [5.41, 5.74) is -2.57. The maximum absolute atomic E-state index is 12.6. The first-order valence-corrected chi connectivity index (χ1v) is 27.1. The van der Waals surface area contributed by atoms with Crippen LogP contribution >= 0.6 is 0 Å². The number of aliphatic hydroxyl groups excluding tert-OH is 12. The molecule has 0 aromatic rings. The van der Waals surface area contributed by atoms with Crippen LogP contribution < -0.4 is 0 Å². The molecule has 10 rings (SSSR count). The van der Waals surface area contributed by atoms with E-state index < -0.39 is 166 Å². The Morgan fingerprint density at radius 3 is 1.86 bits per heavy atom. The minimum Gasteiger partial charge on any atom is -0.394 e. The van der Waals surface area contributed by atoms with Gasteiger partial charge in [-0.05, 0) is 98.2 Å². The zero-order chi connectivity index (χ0) is 53.5. The molecule has 10 aliphatic rings. The largest absolute Gasteiger partial charge is 0.394 e. The van der Waals surface area contributed by atoms with Crippen LogP contribution in [-0.2, 0) is 47.4 Å². The number of hydrogen-bond acceptors (Lipinski definition) is 22. The van der Waals surface area contributed by atoms with Crippen LogP contribution in [0.25, 0.3) is 0 Å². The summed E-state index contributed by atoms with van der Waals surface area (Å²) in [7, 11) is 0. The summed E-state index contributed by atoms with van der Waals surface area (Å²) < 4.78 is 55.9. The van der Waals surface area contributed by atoms with E-state index in [1.807, 2.05) is 0 Å². The van der Waals surface area contributed by atoms with Crippen LogP contribution in [0.5, 0.6) is 0 Å². The summed E-state index contributed by atoms with van der Waals surface area (Å²) in [6.07, 6.45) is -22.1. The van der Waals surface area contributed by atoms with Crippen LogP contribution in [0.3, 0.4) is 0 Å². The van der Waals surface area contributed by atoms with Gasteiger partial charge in [-0.1, -0.05) is 41.5 Å². The first-order chi connectivity index (χ1) is 34.8. The first kappa shape index (κ1) is 56.1. The smallest absolute Gasteiger partial charge is 0.187 e. The van der Waals surface area contributed by atoms with Crippen molar-refractivity contribution in [3.05, 3.63) is 0 Å². The van der Waals surface area contributed by atoms with Gasteiger partial charge in [0, 0.05) is 16.2 Å². The molecule has 5 aliphatic carbocycles. The van der Waals surface area contributed by atoms with E-state index >= 15 is 0 Å². The predicted octanol–water partition coefficient (Wildman–Crippen LogP) is -1.89. The monoisotopic (exact) mass is 1060 g/mol. The highest BCUT2D eigenvalue weighted by atomic mass is 16.8. The van der Waals surface area contributed by atoms with Crippen molar-refractivity contribution in [1.82, 2.24) is 0 Å². The van der Waals surface area contributed by atoms with E-state index in [1.165, 1.54) is 0 Å². The van der Waals surface area contributed by atoms with Crippen molar-refractivity contribution in [3.8, 4) is 0 Å². The molecule has 0 aromatic carbocycles. The summed E-state index contributed by atoms with van der Waals surface area (Å²) in [5.74, 6) is 0.456. The van der Waals surface area contributed by atoms with Crippen molar-refractivity contribution >= 4 is 6.29 Å². The van der Waals surface area contributed by atoms with Gasteiger partial charge < -0.3 is 109 Å². The lowest BCUT2D eigenvalue weighted by molar-refractivity contribution is -0.392. The lowest BCUT2D eigenvalue weighted by Gasteiger charge is -2.75. The van der Waals surface area contributed by atoms with Crippen LogP contribution in [0, 0.1) is 50.2 Å². The Hall–Kier alpha value is -1.17. The van der Waals surface area contributed by atoms with Gasteiger partial charge in [0.25, 0.3) is 0 Å². The second-order valence-electron chi connectivity index (χ2n) is 25.8. The summed E-state index contributed by atoms with van der Waals surface area (Å²) >= 11 is 0. The van der Waals surface area contributed by atoms with Gasteiger partial charge in [0.05, 0.1) is 50.8 Å². The molecule has 424 valence electrons. The highest BCUT2D eigenvalue weighted by Crippen LogP contribution is 2.80. The number of rotatable bonds is 11. The van der Waals surface area contributed by atoms with Gasteiger partial charge in [0.15, 0.2) is 25.2 Å². The van der Waals surface area contributed by atoms with Crippen LogP contribution in [0.4, 0.5) is 0 Å². The summed E-state index contributed by atoms with van der Waals surface area (Å²) in [6.45, 7) is 11.7. The molecule has 22 nitrogen and oxygen atoms in total. The van der Waals surface area contributed by atoms with Crippen molar-refractivity contribution in [2.45, 2.75) is 234 Å². The third-order valence-electron chi connectivity index (χ3n) is 22.0. The molecule has 0 unspecified atom stereocenters. The maximum atomic E-state index is 12.6. The predicted molar refractivity (Wildman–Crippen MR) is 251 cm³/mol. The van der Waals surface area contributed by atoms with Crippen LogP contribution in [0.2, 0.25) is 0 Å². The summed E-state index contributed by atoms with van der Waals surface area (Å²) in [6, 6.07) is 0. The van der Waals surface area contributed by atoms with Gasteiger partial charge in [-0.2, -0.15) is 0 Å². The minimum atomic E-state index is -1.89. The Kier molecular flexibility index (Phi) is 15.0. The third-order valence-corrected chi connectivity index (χ3v) is 22.0. The molecular weight excluding hydrogens is 977 g/mol. The van der Waals surface area contributed by atoms with Crippen molar-refractivity contribution < 1.29 is 109 Å². The van der Waals surface area contributed by atoms with Gasteiger partial charge in [-0.15, -0.1) is 0 Å². The number of carbonyl (C=O) groups excluding carboxylic acids is 1. The van der Waals surface area contributed by atoms with Crippen molar-refractivity contribution in [3.63, 3.8) is 0 Å². The van der Waals surface area contributed by atoms with Gasteiger partial charge >= 0.3 is 0 Å². The zero-order valence-electron chi connectivity index (χ0n) is 43.4. The molecule has 22 heteroatoms. The number of aliphatic hydroxyl groups is 12. The number of fused-ring (bicyclic) bond motifs is 4. The minimum absolute atomic E-state index is 0.0727. The van der Waals surface area contributed by atoms with Gasteiger partial charge in [-0.25, -0.2) is 0 Å². The standard InChI is InChI=1S/C52H84O22/c1-46(2)27-7-11-49(5)28(8-12-52-29-15-47(3,21-55)13-14-51(29,22-68-52)30(57)16-50(49,52)6)48(27,4)10-9-31(46)72-44-40(74-43-39(65)36(62)33(59)24(17-53)69-43)35(61)26(20-67-44)71-45-41(37(63)34(60)25(18-54)70-45)73-42-38(64)32(58)23(56)19-66-42/h21,23-45,53-54,56-65H,7-20,22H2,1-6H3/t23-,24-,25-,26-,27+,28-,29-,30-,31+,32+,33-,34-,35+,36+,37+,38-,39-,40-,41-,42+,43+,44+,45+,47+,48+,49-,50+,51-,52+/m1/s1. The molecule has 5 aliphatic heterocycles. The molecule has 0 aromatic heterocycles. The number of aldehydes is 1. The van der Waals surface area contributed by atoms with Gasteiger partial charge in [-0.3, -0.25) is 0 Å². The Labute approximate surface area is 431 Å². The van der Waals surface area contributed by atoms with Gasteiger partial charge in [0.2, 0.25) is 0 Å². The number of ether oxygens (including phenoxy) is 9. The average molecular weight is 1060 g/mol. The number of carbonyl (C=O) groups is 1. The van der Waals surface area contributed by atoms with Crippen molar-refractivity contribution in [2.75, 3.05) is 33.0 Å². The van der Waals surface area contributed by atoms with E-state index in [9.17, 15) is 66.1 Å². The second-order valence-corrected chi connectivity index (χ2v) is 25.8. The lowest BCUT2D eigenvalue weighted by Crippen LogP contribution is -2.74. The fourth-order valence-corrected chi connectivity index (χ4v) is 17.4. The highest BCUT2D eigenvalue weighted by molar-refractivity contribution is 5.59. The van der Waals surface area contributed by atoms with Crippen LogP contribution in [-0.4, -0.2) is 229 Å². The highest BCUT2D eigenvalue weighted by Gasteiger charge is 2.80. The van der Waals surface area contributed by atoms with E-state index in [0.717, 1.165) is 51.2 Å². The quantitative estimate of drug-likeness (QED) is 0.0795. The lowest BCUT2D eigenvalue weighted by atomic mass is 9.30. The molecule has 10 fully saturated rings. The molecule has 0 amide bonds. The SMILES string of the molecule is CC1(C)[C@@H](O[C@@H]2OC[C@@H](O[C@@H]3O[C@H](CO)[C@@H](O)[C@H](O)[C@H]3O[C@@H]3OC[C@@H](O)[C@H](O)[C@H]3O)[C@H](O)[C@H]2O[C@@H]2O[C@H](CO)[C@@H](O)[C@H](O)[C@H]2O)CC[C@]2(C)[C@H]3CC[C@]45OC[C@@]6(CC[C@](C)(C=O)C[C@H]64)[C@H](O)C[C@@]5(C)[C@]3(C)CC[C@@H]12. The van der Waals surface area contributed by atoms with Crippen LogP contribution in [0.15, 0.2) is 0 Å². The Bertz CT molecular complexity index is 2020. The molecule has 5 heterocycles. The Balaban J connectivity index is 0.901. The first-order valence-electron chi connectivity index (χ1n) is 27.1. The maximum Gasteiger partial charge on any atom is 0.187 e. The van der Waals surface area contributed by atoms with Gasteiger partial charge in [0.1, 0.15) is 91.7 Å². The van der Waals surface area contributed by atoms with Crippen molar-refractivity contribution in [2.24, 2.45) is 50.2 Å². The van der Waals surface area contributed by atoms with Crippen molar-refractivity contribution in [1.29, 1.82) is 0 Å². The fraction of sp³-hybridized carbons (Fsp3) is 0.981. The Morgan fingerprint density at radius 2 is 1.18 bits per heavy atom. The average Bonchev–Trinajstić information content (AvgIpc) is 3.65. The van der Waals surface area contributed by atoms with E-state index in [-0.39, 0.29) is 39.4 Å². The topological polar surface area (TPSA) is 343 Å². The molecule has 5 saturated heterocycles. The molecule has 2 bridgehead atoms. The number of hydrogen-bond donors (Lipinski definition) is 12. The molecule has 29 atom stereocenters. The van der Waals surface area contributed by atoms with E-state index in [4.69, 9.17) is 42.6 Å². The molecule has 12 N–H and O–H groups in total. The van der Waals surface area contributed by atoms with E-state index in [1.54, 1.807) is 0 Å². The van der Waals surface area contributed by atoms with E-state index in [2.05, 4.69) is 41.5 Å². The molecule has 74 heavy (non-hydrogen) atoms. The second kappa shape index (κ2) is 19.8. The third kappa shape index (κ3) is 8.31.